The van der Waals surface area contributed by atoms with Crippen LogP contribution in [0.1, 0.15) is 48.4 Å². The molecule has 13 nitrogen and oxygen atoms in total. The Morgan fingerprint density at radius 2 is 1.72 bits per heavy atom. The maximum atomic E-state index is 13.2. The molecule has 0 saturated carbocycles. The van der Waals surface area contributed by atoms with Gasteiger partial charge in [-0.1, -0.05) is 24.3 Å². The number of sulfone groups is 1. The van der Waals surface area contributed by atoms with Gasteiger partial charge >= 0.3 is 18.2 Å². The van der Waals surface area contributed by atoms with E-state index in [1.54, 1.807) is 49.9 Å². The molecule has 2 amide bonds. The molecular weight excluding hydrogens is 665 g/mol. The molecule has 3 aromatic rings. The van der Waals surface area contributed by atoms with Crippen LogP contribution in [0.25, 0.3) is 0 Å². The molecule has 2 aliphatic heterocycles. The number of carbonyl (C=O) groups is 3. The third-order valence-corrected chi connectivity index (χ3v) is 9.09. The molecule has 0 spiro atoms. The van der Waals surface area contributed by atoms with Crippen molar-refractivity contribution in [2.75, 3.05) is 30.3 Å². The summed E-state index contributed by atoms with van der Waals surface area (Å²) in [6.45, 7) is 6.89. The zero-order chi connectivity index (χ0) is 34.7. The number of hydrogen-bond donors (Lipinski definition) is 4. The average Bonchev–Trinajstić information content (AvgIpc) is 3.60. The second-order valence-electron chi connectivity index (χ2n) is 11.8. The number of fused-ring (bicyclic) bond motifs is 1. The number of hydrogen-bond acceptors (Lipinski definition) is 9. The van der Waals surface area contributed by atoms with Gasteiger partial charge < -0.3 is 29.9 Å². The molecule has 1 fully saturated rings. The van der Waals surface area contributed by atoms with Crippen LogP contribution in [-0.2, 0) is 25.9 Å². The first-order chi connectivity index (χ1) is 21.8. The van der Waals surface area contributed by atoms with Gasteiger partial charge in [-0.05, 0) is 62.8 Å². The second kappa shape index (κ2) is 13.7. The monoisotopic (exact) mass is 698 g/mol. The number of aromatic nitrogens is 3. The van der Waals surface area contributed by atoms with Crippen LogP contribution >= 0.6 is 12.2 Å². The highest BCUT2D eigenvalue weighted by Gasteiger charge is 2.41. The Morgan fingerprint density at radius 3 is 2.30 bits per heavy atom. The maximum Gasteiger partial charge on any atom is 0.490 e. The van der Waals surface area contributed by atoms with Crippen molar-refractivity contribution in [2.45, 2.75) is 55.9 Å². The lowest BCUT2D eigenvalue weighted by Crippen LogP contribution is -2.41. The van der Waals surface area contributed by atoms with Crippen LogP contribution < -0.4 is 10.2 Å². The maximum absolute atomic E-state index is 13.2. The lowest BCUT2D eigenvalue weighted by Gasteiger charge is -2.31. The van der Waals surface area contributed by atoms with Crippen LogP contribution in [0.4, 0.5) is 23.7 Å². The van der Waals surface area contributed by atoms with Gasteiger partial charge in [-0.2, -0.15) is 18.3 Å². The first-order valence-electron chi connectivity index (χ1n) is 14.2. The number of ether oxygens (including phenoxy) is 1. The molecule has 18 heteroatoms. The molecule has 2 unspecified atom stereocenters. The Balaban J connectivity index is 0.000000644. The van der Waals surface area contributed by atoms with Gasteiger partial charge in [0.05, 0.1) is 28.3 Å². The summed E-state index contributed by atoms with van der Waals surface area (Å²) in [4.78, 5) is 41.8. The first kappa shape index (κ1) is 35.4. The Bertz CT molecular complexity index is 1790. The van der Waals surface area contributed by atoms with E-state index in [0.717, 1.165) is 5.56 Å². The number of amides is 2. The average molecular weight is 699 g/mol. The molecule has 2 atom stereocenters. The zero-order valence-electron chi connectivity index (χ0n) is 25.5. The molecule has 3 heterocycles. The Morgan fingerprint density at radius 1 is 1.09 bits per heavy atom. The highest BCUT2D eigenvalue weighted by atomic mass is 32.2. The first-order valence-corrected chi connectivity index (χ1v) is 16.3. The molecule has 5 rings (SSSR count). The van der Waals surface area contributed by atoms with E-state index >= 15 is 0 Å². The molecule has 1 saturated heterocycles. The second-order valence-corrected chi connectivity index (χ2v) is 14.3. The van der Waals surface area contributed by atoms with Crippen LogP contribution in [0.2, 0.25) is 0 Å². The predicted octanol–water partition coefficient (Wildman–Crippen LogP) is 4.03. The van der Waals surface area contributed by atoms with E-state index in [1.165, 1.54) is 0 Å². The van der Waals surface area contributed by atoms with Gasteiger partial charge in [0, 0.05) is 31.7 Å². The van der Waals surface area contributed by atoms with Crippen molar-refractivity contribution in [3.63, 3.8) is 0 Å². The fraction of sp³-hybridized carbons (Fsp3) is 0.414. The van der Waals surface area contributed by atoms with Crippen LogP contribution in [-0.4, -0.2) is 94.8 Å². The molecule has 4 N–H and O–H groups in total. The van der Waals surface area contributed by atoms with Gasteiger partial charge in [0.15, 0.2) is 14.6 Å². The largest absolute Gasteiger partial charge is 0.490 e. The van der Waals surface area contributed by atoms with Crippen LogP contribution in [0.3, 0.4) is 0 Å². The molecule has 2 aliphatic rings. The van der Waals surface area contributed by atoms with E-state index in [4.69, 9.17) is 26.9 Å². The molecule has 254 valence electrons. The van der Waals surface area contributed by atoms with Gasteiger partial charge in [0.2, 0.25) is 0 Å². The molecule has 2 aromatic carbocycles. The summed E-state index contributed by atoms with van der Waals surface area (Å²) in [7, 11) is -3.28. The molecule has 47 heavy (non-hydrogen) atoms. The summed E-state index contributed by atoms with van der Waals surface area (Å²) >= 11 is 5.13. The molecule has 0 aliphatic carbocycles. The number of halogens is 3. The lowest BCUT2D eigenvalue weighted by molar-refractivity contribution is -0.192. The number of aromatic amines is 2. The predicted molar refractivity (Wildman–Crippen MR) is 165 cm³/mol. The van der Waals surface area contributed by atoms with E-state index in [1.807, 2.05) is 29.2 Å². The summed E-state index contributed by atoms with van der Waals surface area (Å²) in [5.41, 5.74) is 1.46. The van der Waals surface area contributed by atoms with Gasteiger partial charge in [0.25, 0.3) is 5.91 Å². The topological polar surface area (TPSA) is 178 Å². The van der Waals surface area contributed by atoms with E-state index in [2.05, 4.69) is 20.5 Å². The van der Waals surface area contributed by atoms with Gasteiger partial charge in [-0.25, -0.2) is 18.0 Å². The van der Waals surface area contributed by atoms with Gasteiger partial charge in [0.1, 0.15) is 11.4 Å². The van der Waals surface area contributed by atoms with Crippen molar-refractivity contribution in [1.29, 1.82) is 0 Å². The molecular formula is C29H33F3N6O7S2. The molecule has 1 aromatic heterocycles. The standard InChI is InChI=1S/C27H32N6O5S2.C2HF3O2/c1-27(2,3)38-26(35)33-15-19(23-29-25(39)31-30-23)20(16-33)28-24(34)18-10-8-17(9-11-18)14-32-12-13-40(36,37)22-7-5-4-6-21(22)32;3-2(4,5)1(6)7/h4-11,19-20H,12-16H2,1-3H3,(H,28,34)(H2,29,30,31,39);(H,6,7). The molecule has 0 bridgehead atoms. The van der Waals surface area contributed by atoms with Crippen LogP contribution in [0.15, 0.2) is 53.4 Å². The summed E-state index contributed by atoms with van der Waals surface area (Å²) in [6.07, 6.45) is -5.54. The van der Waals surface area contributed by atoms with Crippen molar-refractivity contribution in [1.82, 2.24) is 25.4 Å². The number of carbonyl (C=O) groups excluding carboxylic acids is 2. The quantitative estimate of drug-likeness (QED) is 0.285. The number of carboxylic acid groups (broad SMARTS) is 1. The number of benzene rings is 2. The summed E-state index contributed by atoms with van der Waals surface area (Å²) < 4.78 is 62.5. The number of likely N-dealkylation sites (tertiary alicyclic amines) is 1. The number of rotatable bonds is 5. The SMILES string of the molecule is CC(C)(C)OC(=O)N1CC(NC(=O)c2ccc(CN3CCS(=O)(=O)c4ccccc43)cc2)C(c2n[nH]c(=S)[nH]2)C1.O=C(O)C(F)(F)F. The minimum atomic E-state index is -5.08. The highest BCUT2D eigenvalue weighted by Crippen LogP contribution is 2.31. The summed E-state index contributed by atoms with van der Waals surface area (Å²) in [5.74, 6) is -2.73. The highest BCUT2D eigenvalue weighted by molar-refractivity contribution is 7.91. The minimum absolute atomic E-state index is 0.0633. The number of para-hydroxylation sites is 1. The third-order valence-electron chi connectivity index (χ3n) is 7.16. The summed E-state index contributed by atoms with van der Waals surface area (Å²) in [6, 6.07) is 13.8. The Labute approximate surface area is 273 Å². The Hall–Kier alpha value is -4.45. The smallest absolute Gasteiger partial charge is 0.475 e. The van der Waals surface area contributed by atoms with Crippen molar-refractivity contribution in [3.8, 4) is 0 Å². The van der Waals surface area contributed by atoms with Crippen molar-refractivity contribution in [3.05, 3.63) is 70.3 Å². The van der Waals surface area contributed by atoms with Crippen molar-refractivity contribution in [2.24, 2.45) is 0 Å². The number of H-pyrrole nitrogens is 2. The van der Waals surface area contributed by atoms with E-state index in [0.29, 0.717) is 46.4 Å². The van der Waals surface area contributed by atoms with Gasteiger partial charge in [-0.3, -0.25) is 9.89 Å². The minimum Gasteiger partial charge on any atom is -0.475 e. The zero-order valence-corrected chi connectivity index (χ0v) is 27.1. The van der Waals surface area contributed by atoms with E-state index in [9.17, 15) is 31.2 Å². The number of anilines is 1. The lowest BCUT2D eigenvalue weighted by atomic mass is 10.0. The van der Waals surface area contributed by atoms with Crippen molar-refractivity contribution >= 4 is 45.7 Å². The fourth-order valence-corrected chi connectivity index (χ4v) is 6.63. The van der Waals surface area contributed by atoms with Crippen LogP contribution in [0, 0.1) is 4.77 Å². The number of nitrogens with one attached hydrogen (secondary N) is 3. The third kappa shape index (κ3) is 9.09. The van der Waals surface area contributed by atoms with E-state index < -0.39 is 39.7 Å². The number of aliphatic carboxylic acids is 1. The van der Waals surface area contributed by atoms with E-state index in [-0.39, 0.29) is 24.1 Å². The number of carboxylic acids is 1. The Kier molecular flexibility index (Phi) is 10.3. The fourth-order valence-electron chi connectivity index (χ4n) is 5.00. The molecule has 0 radical (unpaired) electrons. The normalized spacial score (nSPS) is 18.9. The van der Waals surface area contributed by atoms with Gasteiger partial charge in [-0.15, -0.1) is 0 Å². The summed E-state index contributed by atoms with van der Waals surface area (Å²) in [5, 5.41) is 17.1. The number of nitrogens with zero attached hydrogens (tertiary/aromatic N) is 3. The van der Waals surface area contributed by atoms with Crippen molar-refractivity contribution < 1.29 is 45.8 Å². The van der Waals surface area contributed by atoms with Crippen LogP contribution in [0.5, 0.6) is 0 Å². The number of alkyl halides is 3.